The molecule has 2 aliphatic carbocycles. The van der Waals surface area contributed by atoms with E-state index < -0.39 is 69.3 Å². The molecule has 3 aliphatic rings. The lowest BCUT2D eigenvalue weighted by molar-refractivity contribution is -0.217. The van der Waals surface area contributed by atoms with Crippen molar-refractivity contribution in [2.75, 3.05) is 20.5 Å². The summed E-state index contributed by atoms with van der Waals surface area (Å²) >= 11 is 0. The van der Waals surface area contributed by atoms with Gasteiger partial charge < -0.3 is 47.6 Å². The third-order valence-electron chi connectivity index (χ3n) is 13.5. The summed E-state index contributed by atoms with van der Waals surface area (Å²) in [5.74, 6) is -0.999. The number of methoxy groups -OCH3 is 2. The number of hydrogen-bond donors (Lipinski definition) is 2. The van der Waals surface area contributed by atoms with Crippen molar-refractivity contribution in [1.29, 1.82) is 0 Å². The average molecular weight is 971 g/mol. The smallest absolute Gasteiger partial charge is 0.306 e. The van der Waals surface area contributed by atoms with Crippen LogP contribution >= 0.6 is 0 Å². The van der Waals surface area contributed by atoms with Gasteiger partial charge in [0.15, 0.2) is 22.7 Å². The van der Waals surface area contributed by atoms with Crippen LogP contribution in [0, 0.1) is 0 Å². The Morgan fingerprint density at radius 1 is 0.700 bits per heavy atom. The van der Waals surface area contributed by atoms with Gasteiger partial charge in [0.1, 0.15) is 30.0 Å². The number of hydrogen-bond acceptors (Lipinski definition) is 13. The molecule has 6 aromatic rings. The van der Waals surface area contributed by atoms with E-state index in [0.717, 1.165) is 28.5 Å². The zero-order valence-corrected chi connectivity index (χ0v) is 40.6. The predicted molar refractivity (Wildman–Crippen MR) is 262 cm³/mol. The molecule has 0 aromatic heterocycles. The van der Waals surface area contributed by atoms with Crippen LogP contribution in [0.25, 0.3) is 16.8 Å². The summed E-state index contributed by atoms with van der Waals surface area (Å²) in [6, 6.07) is 42.4. The van der Waals surface area contributed by atoms with Gasteiger partial charge in [0.2, 0.25) is 0 Å². The number of fused-ring (bicyclic) bond motifs is 4. The molecule has 7 atom stereocenters. The largest absolute Gasteiger partial charge is 0.496 e. The first-order chi connectivity index (χ1) is 33.6. The van der Waals surface area contributed by atoms with Crippen molar-refractivity contribution in [2.24, 2.45) is 0 Å². The van der Waals surface area contributed by atoms with Gasteiger partial charge in [-0.1, -0.05) is 127 Å². The van der Waals surface area contributed by atoms with Crippen molar-refractivity contribution in [1.82, 2.24) is 0 Å². The lowest BCUT2D eigenvalue weighted by Crippen LogP contribution is -2.67. The minimum Gasteiger partial charge on any atom is -0.496 e. The lowest BCUT2D eigenvalue weighted by Gasteiger charge is -2.53. The number of carbonyl (C=O) groups is 1. The molecule has 0 unspecified atom stereocenters. The van der Waals surface area contributed by atoms with Gasteiger partial charge in [0.05, 0.1) is 69.6 Å². The van der Waals surface area contributed by atoms with Crippen LogP contribution < -0.4 is 14.2 Å². The highest BCUT2D eigenvalue weighted by atomic mass is 32.2. The number of aliphatic hydroxyl groups is 2. The summed E-state index contributed by atoms with van der Waals surface area (Å²) in [5.41, 5.74) is -2.68. The van der Waals surface area contributed by atoms with Gasteiger partial charge in [0.25, 0.3) is 0 Å². The summed E-state index contributed by atoms with van der Waals surface area (Å²) < 4.78 is 77.8. The number of ether oxygens (including phenoxy) is 7. The second kappa shape index (κ2) is 20.0. The molecule has 1 aliphatic heterocycles. The number of carbonyl (C=O) groups excluding carboxylic acids is 1. The normalized spacial score (nSPS) is 25.4. The molecule has 0 radical (unpaired) electrons. The molecule has 0 amide bonds. The lowest BCUT2D eigenvalue weighted by atomic mass is 9.58. The maximum atomic E-state index is 14.9. The molecule has 1 saturated carbocycles. The first-order valence-corrected chi connectivity index (χ1v) is 25.1. The van der Waals surface area contributed by atoms with Gasteiger partial charge in [0, 0.05) is 41.3 Å². The molecular weight excluding hydrogens is 913 g/mol. The van der Waals surface area contributed by atoms with E-state index in [2.05, 4.69) is 0 Å². The molecule has 0 bridgehead atoms. The fourth-order valence-electron chi connectivity index (χ4n) is 10.2. The zero-order valence-electron chi connectivity index (χ0n) is 39.8. The topological polar surface area (TPSA) is 166 Å². The molecule has 1 saturated heterocycles. The molecule has 0 spiro atoms. The summed E-state index contributed by atoms with van der Waals surface area (Å²) in [6.45, 7) is 4.46. The highest BCUT2D eigenvalue weighted by Gasteiger charge is 2.69. The Bertz CT molecular complexity index is 2970. The van der Waals surface area contributed by atoms with Crippen molar-refractivity contribution in [3.8, 4) is 17.2 Å². The first kappa shape index (κ1) is 48.9. The predicted octanol–water partition coefficient (Wildman–Crippen LogP) is 9.04. The van der Waals surface area contributed by atoms with Crippen molar-refractivity contribution in [2.45, 2.75) is 101 Å². The average Bonchev–Trinajstić information content (AvgIpc) is 3.35. The van der Waals surface area contributed by atoms with E-state index in [1.54, 1.807) is 13.0 Å². The molecule has 2 fully saturated rings. The van der Waals surface area contributed by atoms with Crippen LogP contribution in [-0.2, 0) is 70.1 Å². The number of rotatable bonds is 17. The summed E-state index contributed by atoms with van der Waals surface area (Å²) in [4.78, 5) is 14.9. The fourth-order valence-corrected chi connectivity index (χ4v) is 10.8. The molecule has 366 valence electrons. The molecule has 13 nitrogen and oxygen atoms in total. The summed E-state index contributed by atoms with van der Waals surface area (Å²) in [5, 5.41) is 26.9. The highest BCUT2D eigenvalue weighted by molar-refractivity contribution is 7.86. The summed E-state index contributed by atoms with van der Waals surface area (Å²) in [6.07, 6.45) is -0.329. The first-order valence-electron chi connectivity index (χ1n) is 23.3. The molecule has 6 aromatic carbocycles. The monoisotopic (exact) mass is 970 g/mol. The van der Waals surface area contributed by atoms with Gasteiger partial charge in [-0.3, -0.25) is 4.79 Å². The quantitative estimate of drug-likeness (QED) is 0.0833. The number of benzene rings is 6. The minimum absolute atomic E-state index is 0.0241. The van der Waals surface area contributed by atoms with Crippen LogP contribution in [0.15, 0.2) is 139 Å². The highest BCUT2D eigenvalue weighted by Crippen LogP contribution is 2.61. The van der Waals surface area contributed by atoms with E-state index in [4.69, 9.17) is 37.3 Å². The van der Waals surface area contributed by atoms with Crippen LogP contribution in [0.5, 0.6) is 17.2 Å². The van der Waals surface area contributed by atoms with E-state index in [-0.39, 0.29) is 42.3 Å². The van der Waals surface area contributed by atoms with Crippen LogP contribution in [0.2, 0.25) is 0 Å². The van der Waals surface area contributed by atoms with Gasteiger partial charge in [-0.15, -0.1) is 0 Å². The zero-order chi connectivity index (χ0) is 49.3. The number of Topliss-reactive ketones (excluding diaryl/α,β-unsaturated/α-hetero) is 1. The standard InChI is InChI=1S/C56H58O13S/c1-36-50(65-32-38-20-12-7-13-21-38)45(64-31-37-18-10-6-11-19-37)29-44(68-36)41-26-27-42-48(52(41)66-33-39-22-14-8-15-23-39)51(62-3)43-28-47(69-70(5,60)61)55(58)35-54(2,67-34-40-24-16-9-17-25-40)30-46(57)56(55,59)49(43)53(42)63-4/h6-28,36,44-45,50,58-59H,29-35H2,1-5H3/t36-,44-,45-,50-,54+,55-,56+/m1/s1. The molecular formula is C56H58O13S. The van der Waals surface area contributed by atoms with Crippen molar-refractivity contribution < 1.29 is 60.8 Å². The van der Waals surface area contributed by atoms with Crippen LogP contribution in [0.4, 0.5) is 0 Å². The van der Waals surface area contributed by atoms with Crippen LogP contribution in [0.1, 0.15) is 78.2 Å². The summed E-state index contributed by atoms with van der Waals surface area (Å²) in [7, 11) is -1.57. The Labute approximate surface area is 408 Å². The third-order valence-corrected chi connectivity index (χ3v) is 14.0. The van der Waals surface area contributed by atoms with Crippen molar-refractivity contribution in [3.63, 3.8) is 0 Å². The van der Waals surface area contributed by atoms with Gasteiger partial charge in [-0.25, -0.2) is 0 Å². The third kappa shape index (κ3) is 9.57. The van der Waals surface area contributed by atoms with Crippen LogP contribution in [0.3, 0.4) is 0 Å². The van der Waals surface area contributed by atoms with Crippen LogP contribution in [-0.4, -0.2) is 74.4 Å². The van der Waals surface area contributed by atoms with Gasteiger partial charge in [-0.05, 0) is 48.2 Å². The van der Waals surface area contributed by atoms with Gasteiger partial charge >= 0.3 is 10.1 Å². The Morgan fingerprint density at radius 2 is 1.24 bits per heavy atom. The van der Waals surface area contributed by atoms with Crippen molar-refractivity contribution in [3.05, 3.63) is 178 Å². The van der Waals surface area contributed by atoms with E-state index in [1.165, 1.54) is 20.3 Å². The maximum absolute atomic E-state index is 14.9. The van der Waals surface area contributed by atoms with E-state index in [1.807, 2.05) is 134 Å². The van der Waals surface area contributed by atoms with E-state index >= 15 is 0 Å². The molecule has 70 heavy (non-hydrogen) atoms. The Kier molecular flexibility index (Phi) is 13.9. The number of ketones is 1. The molecule has 14 heteroatoms. The Balaban J connectivity index is 1.19. The van der Waals surface area contributed by atoms with Crippen molar-refractivity contribution >= 4 is 32.7 Å². The second-order valence-electron chi connectivity index (χ2n) is 18.6. The Hall–Kier alpha value is -6.10. The molecule has 9 rings (SSSR count). The van der Waals surface area contributed by atoms with E-state index in [9.17, 15) is 23.4 Å². The fraction of sp³-hybridized carbons (Fsp3) is 0.339. The van der Waals surface area contributed by atoms with E-state index in [0.29, 0.717) is 41.7 Å². The van der Waals surface area contributed by atoms with Gasteiger partial charge in [-0.2, -0.15) is 8.42 Å². The minimum atomic E-state index is -4.38. The Morgan fingerprint density at radius 3 is 1.80 bits per heavy atom. The second-order valence-corrected chi connectivity index (χ2v) is 20.1. The maximum Gasteiger partial charge on any atom is 0.306 e. The SMILES string of the molecule is COc1c2c(c(OC)c3c(OCc4ccccc4)c([C@H]4C[C@@H](OCc5ccccc5)[C@H](OCc5ccccc5)[C@@H](C)O4)ccc13)C=C(OS(C)(=O)=O)[C@]1(O)C[C@@](C)(OCc3ccccc3)CC(=O)[C@]21O. The molecule has 1 heterocycles. The molecule has 2 N–H and O–H groups in total.